The summed E-state index contributed by atoms with van der Waals surface area (Å²) in [4.78, 5) is 25.4. The molecule has 0 aliphatic rings. The van der Waals surface area contributed by atoms with E-state index >= 15 is 0 Å². The lowest BCUT2D eigenvalue weighted by molar-refractivity contribution is 0.0956. The first-order valence-electron chi connectivity index (χ1n) is 9.93. The number of anilines is 1. The monoisotopic (exact) mass is 529 g/mol. The van der Waals surface area contributed by atoms with E-state index in [1.165, 1.54) is 30.5 Å². The molecule has 6 nitrogen and oxygen atoms in total. The predicted molar refractivity (Wildman–Crippen MR) is 133 cm³/mol. The molecule has 0 radical (unpaired) electrons. The number of thioether (sulfide) groups is 1. The Kier molecular flexibility index (Phi) is 9.17. The second kappa shape index (κ2) is 12.3. The molecule has 170 valence electrons. The quantitative estimate of drug-likeness (QED) is 0.210. The largest absolute Gasteiger partial charge is 0.396 e. The summed E-state index contributed by atoms with van der Waals surface area (Å²) in [6.45, 7) is 0.131. The molecule has 0 aliphatic carbocycles. The third-order valence-corrected chi connectivity index (χ3v) is 5.95. The van der Waals surface area contributed by atoms with E-state index < -0.39 is 5.91 Å². The van der Waals surface area contributed by atoms with Gasteiger partial charge in [0.1, 0.15) is 5.82 Å². The minimum absolute atomic E-state index is 0.131. The van der Waals surface area contributed by atoms with Gasteiger partial charge in [0.25, 0.3) is 11.8 Å². The van der Waals surface area contributed by atoms with Gasteiger partial charge >= 0.3 is 0 Å². The van der Waals surface area contributed by atoms with Crippen LogP contribution in [0.2, 0.25) is 0 Å². The number of carbonyl (C=O) groups is 2. The van der Waals surface area contributed by atoms with Crippen LogP contribution in [0.25, 0.3) is 0 Å². The number of aliphatic hydroxyl groups excluding tert-OH is 1. The molecule has 0 saturated carbocycles. The van der Waals surface area contributed by atoms with Crippen LogP contribution in [0.15, 0.2) is 76.3 Å². The fourth-order valence-electron chi connectivity index (χ4n) is 2.79. The molecule has 9 heteroatoms. The smallest absolute Gasteiger partial charge is 0.273 e. The van der Waals surface area contributed by atoms with Crippen LogP contribution in [0.4, 0.5) is 10.1 Å². The minimum atomic E-state index is -0.513. The molecule has 3 aromatic carbocycles. The average molecular weight is 530 g/mol. The summed E-state index contributed by atoms with van der Waals surface area (Å²) in [5, 5.41) is 15.5. The van der Waals surface area contributed by atoms with E-state index in [0.717, 1.165) is 11.3 Å². The van der Waals surface area contributed by atoms with Gasteiger partial charge in [-0.3, -0.25) is 9.59 Å². The van der Waals surface area contributed by atoms with E-state index in [9.17, 15) is 14.0 Å². The molecule has 0 saturated heterocycles. The minimum Gasteiger partial charge on any atom is -0.396 e. The number of nitrogens with one attached hydrogen (secondary N) is 2. The van der Waals surface area contributed by atoms with Crippen LogP contribution in [-0.4, -0.2) is 35.5 Å². The Hall–Kier alpha value is -3.01. The second-order valence-electron chi connectivity index (χ2n) is 6.87. The molecule has 0 unspecified atom stereocenters. The van der Waals surface area contributed by atoms with Crippen LogP contribution in [-0.2, 0) is 5.75 Å². The summed E-state index contributed by atoms with van der Waals surface area (Å²) in [6.07, 6.45) is 1.40. The first-order chi connectivity index (χ1) is 16.0. The van der Waals surface area contributed by atoms with Crippen molar-refractivity contribution in [2.75, 3.05) is 17.7 Å². The van der Waals surface area contributed by atoms with Gasteiger partial charge in [-0.15, -0.1) is 0 Å². The van der Waals surface area contributed by atoms with Gasteiger partial charge in [0.05, 0.1) is 24.1 Å². The molecule has 0 atom stereocenters. The molecule has 0 fully saturated rings. The normalized spacial score (nSPS) is 10.9. The predicted octanol–water partition coefficient (Wildman–Crippen LogP) is 4.83. The molecule has 33 heavy (non-hydrogen) atoms. The van der Waals surface area contributed by atoms with Crippen molar-refractivity contribution in [3.63, 3.8) is 0 Å². The van der Waals surface area contributed by atoms with Gasteiger partial charge in [-0.25, -0.2) is 9.82 Å². The van der Waals surface area contributed by atoms with Crippen LogP contribution < -0.4 is 10.7 Å². The zero-order chi connectivity index (χ0) is 23.6. The molecule has 3 aromatic rings. The second-order valence-corrected chi connectivity index (χ2v) is 8.89. The maximum atomic E-state index is 13.0. The molecule has 0 bridgehead atoms. The van der Waals surface area contributed by atoms with E-state index in [1.807, 2.05) is 12.1 Å². The highest BCUT2D eigenvalue weighted by Crippen LogP contribution is 2.22. The molecular weight excluding hydrogens is 509 g/mol. The lowest BCUT2D eigenvalue weighted by Crippen LogP contribution is -2.21. The third-order valence-electron chi connectivity index (χ3n) is 4.44. The maximum Gasteiger partial charge on any atom is 0.273 e. The SMILES string of the molecule is O=C(Nc1ccc(Br)cc1C(=O)N/N=C/c1ccc(F)cc1)c1ccc(CSCCO)cc1. The Morgan fingerprint density at radius 2 is 1.76 bits per heavy atom. The number of rotatable bonds is 9. The number of carbonyl (C=O) groups excluding carboxylic acids is 2. The summed E-state index contributed by atoms with van der Waals surface area (Å²) in [6, 6.07) is 17.7. The summed E-state index contributed by atoms with van der Waals surface area (Å²) >= 11 is 4.94. The van der Waals surface area contributed by atoms with Crippen LogP contribution in [0.1, 0.15) is 31.8 Å². The van der Waals surface area contributed by atoms with Crippen molar-refractivity contribution in [3.8, 4) is 0 Å². The Morgan fingerprint density at radius 3 is 2.45 bits per heavy atom. The third kappa shape index (κ3) is 7.52. The van der Waals surface area contributed by atoms with Gasteiger partial charge in [0.15, 0.2) is 0 Å². The topological polar surface area (TPSA) is 90.8 Å². The molecule has 0 aromatic heterocycles. The van der Waals surface area contributed by atoms with Crippen molar-refractivity contribution in [2.24, 2.45) is 5.10 Å². The van der Waals surface area contributed by atoms with Gasteiger partial charge in [-0.1, -0.05) is 40.2 Å². The highest BCUT2D eigenvalue weighted by atomic mass is 79.9. The molecule has 0 heterocycles. The Labute approximate surface area is 203 Å². The van der Waals surface area contributed by atoms with Crippen molar-refractivity contribution < 1.29 is 19.1 Å². The van der Waals surface area contributed by atoms with Gasteiger partial charge in [-0.2, -0.15) is 16.9 Å². The van der Waals surface area contributed by atoms with Crippen LogP contribution in [0, 0.1) is 5.82 Å². The van der Waals surface area contributed by atoms with Crippen molar-refractivity contribution >= 4 is 51.4 Å². The Balaban J connectivity index is 1.67. The molecule has 2 amide bonds. The van der Waals surface area contributed by atoms with Crippen LogP contribution >= 0.6 is 27.7 Å². The molecule has 0 aliphatic heterocycles. The van der Waals surface area contributed by atoms with Crippen LogP contribution in [0.3, 0.4) is 0 Å². The fourth-order valence-corrected chi connectivity index (χ4v) is 3.85. The van der Waals surface area contributed by atoms with Crippen molar-refractivity contribution in [3.05, 3.63) is 99.3 Å². The van der Waals surface area contributed by atoms with Gasteiger partial charge < -0.3 is 10.4 Å². The molecule has 0 spiro atoms. The van der Waals surface area contributed by atoms with E-state index in [4.69, 9.17) is 5.11 Å². The lowest BCUT2D eigenvalue weighted by atomic mass is 10.1. The number of hydrogen-bond donors (Lipinski definition) is 3. The fraction of sp³-hybridized carbons (Fsp3) is 0.125. The number of hydrogen-bond acceptors (Lipinski definition) is 5. The molecular formula is C24H21BrFN3O3S. The lowest BCUT2D eigenvalue weighted by Gasteiger charge is -2.11. The number of benzene rings is 3. The summed E-state index contributed by atoms with van der Waals surface area (Å²) in [7, 11) is 0. The van der Waals surface area contributed by atoms with E-state index in [0.29, 0.717) is 27.0 Å². The first-order valence-corrected chi connectivity index (χ1v) is 11.9. The first kappa shape index (κ1) is 24.6. The van der Waals surface area contributed by atoms with Gasteiger partial charge in [0, 0.05) is 21.5 Å². The Bertz CT molecular complexity index is 1140. The molecule has 3 rings (SSSR count). The zero-order valence-electron chi connectivity index (χ0n) is 17.4. The molecule has 3 N–H and O–H groups in total. The van der Waals surface area contributed by atoms with E-state index in [1.54, 1.807) is 42.1 Å². The number of halogens is 2. The average Bonchev–Trinajstić information content (AvgIpc) is 2.82. The van der Waals surface area contributed by atoms with Crippen molar-refractivity contribution in [1.29, 1.82) is 0 Å². The van der Waals surface area contributed by atoms with E-state index in [2.05, 4.69) is 31.8 Å². The number of aliphatic hydroxyl groups is 1. The van der Waals surface area contributed by atoms with Gasteiger partial charge in [0.2, 0.25) is 0 Å². The van der Waals surface area contributed by atoms with Gasteiger partial charge in [-0.05, 0) is 53.6 Å². The van der Waals surface area contributed by atoms with Crippen molar-refractivity contribution in [1.82, 2.24) is 5.43 Å². The summed E-state index contributed by atoms with van der Waals surface area (Å²) in [5.41, 5.74) is 5.11. The number of hydrazone groups is 1. The summed E-state index contributed by atoms with van der Waals surface area (Å²) < 4.78 is 13.7. The van der Waals surface area contributed by atoms with E-state index in [-0.39, 0.29) is 23.9 Å². The van der Waals surface area contributed by atoms with Crippen LogP contribution in [0.5, 0.6) is 0 Å². The standard InChI is InChI=1S/C24H21BrFN3O3S/c25-19-7-10-22(28-23(31)18-5-1-17(2-6-18)15-33-12-11-30)21(13-19)24(32)29-27-14-16-3-8-20(26)9-4-16/h1-10,13-14,30H,11-12,15H2,(H,28,31)(H,29,32)/b27-14+. The Morgan fingerprint density at radius 1 is 1.03 bits per heavy atom. The maximum absolute atomic E-state index is 13.0. The highest BCUT2D eigenvalue weighted by Gasteiger charge is 2.15. The number of amides is 2. The number of nitrogens with zero attached hydrogens (tertiary/aromatic N) is 1. The van der Waals surface area contributed by atoms with Crippen molar-refractivity contribution in [2.45, 2.75) is 5.75 Å². The summed E-state index contributed by atoms with van der Waals surface area (Å²) in [5.74, 6) is 0.181. The zero-order valence-corrected chi connectivity index (χ0v) is 19.8. The highest BCUT2D eigenvalue weighted by molar-refractivity contribution is 9.10.